The number of carbonyl (C=O) groups excluding carboxylic acids is 1. The van der Waals surface area contributed by atoms with Crippen LogP contribution in [0.15, 0.2) is 79.1 Å². The predicted molar refractivity (Wildman–Crippen MR) is 113 cm³/mol. The summed E-state index contributed by atoms with van der Waals surface area (Å²) in [4.78, 5) is 27.3. The van der Waals surface area contributed by atoms with E-state index in [0.29, 0.717) is 12.1 Å². The molecule has 0 spiro atoms. The van der Waals surface area contributed by atoms with Crippen LogP contribution >= 0.6 is 0 Å². The molecule has 7 heteroatoms. The Balaban J connectivity index is 1.65. The SMILES string of the molecule is COC(=O)[C@H](Cn1cnc2cc([N+](=O)[O-])ccc21)c1ccc(-c2ccccc2)cc1. The van der Waals surface area contributed by atoms with Gasteiger partial charge >= 0.3 is 5.97 Å². The Morgan fingerprint density at radius 2 is 1.77 bits per heavy atom. The summed E-state index contributed by atoms with van der Waals surface area (Å²) >= 11 is 0. The summed E-state index contributed by atoms with van der Waals surface area (Å²) in [6, 6.07) is 22.3. The monoisotopic (exact) mass is 401 g/mol. The lowest BCUT2D eigenvalue weighted by atomic mass is 9.96. The van der Waals surface area contributed by atoms with Gasteiger partial charge in [0.25, 0.3) is 5.69 Å². The van der Waals surface area contributed by atoms with Crippen molar-refractivity contribution in [2.24, 2.45) is 0 Å². The predicted octanol–water partition coefficient (Wildman–Crippen LogP) is 4.57. The number of esters is 1. The third-order valence-electron chi connectivity index (χ3n) is 5.10. The number of non-ortho nitro benzene ring substituents is 1. The molecule has 7 nitrogen and oxygen atoms in total. The zero-order valence-corrected chi connectivity index (χ0v) is 16.3. The van der Waals surface area contributed by atoms with Gasteiger partial charge in [-0.15, -0.1) is 0 Å². The second kappa shape index (κ2) is 8.16. The number of imidazole rings is 1. The van der Waals surface area contributed by atoms with Crippen LogP contribution in [0.1, 0.15) is 11.5 Å². The highest BCUT2D eigenvalue weighted by atomic mass is 16.6. The number of methoxy groups -OCH3 is 1. The molecule has 0 bridgehead atoms. The van der Waals surface area contributed by atoms with Crippen molar-refractivity contribution in [1.82, 2.24) is 9.55 Å². The van der Waals surface area contributed by atoms with Crippen molar-refractivity contribution in [3.63, 3.8) is 0 Å². The Bertz CT molecular complexity index is 1200. The van der Waals surface area contributed by atoms with E-state index in [1.165, 1.54) is 19.2 Å². The van der Waals surface area contributed by atoms with Crippen LogP contribution in [-0.2, 0) is 16.1 Å². The van der Waals surface area contributed by atoms with E-state index >= 15 is 0 Å². The van der Waals surface area contributed by atoms with E-state index in [-0.39, 0.29) is 11.7 Å². The zero-order chi connectivity index (χ0) is 21.1. The second-order valence-electron chi connectivity index (χ2n) is 6.89. The zero-order valence-electron chi connectivity index (χ0n) is 16.3. The normalized spacial score (nSPS) is 11.9. The fraction of sp³-hybridized carbons (Fsp3) is 0.130. The number of carbonyl (C=O) groups is 1. The average molecular weight is 401 g/mol. The van der Waals surface area contributed by atoms with Crippen LogP contribution < -0.4 is 0 Å². The Kier molecular flexibility index (Phi) is 5.26. The molecule has 150 valence electrons. The van der Waals surface area contributed by atoms with Crippen molar-refractivity contribution in [2.75, 3.05) is 7.11 Å². The van der Waals surface area contributed by atoms with E-state index < -0.39 is 10.8 Å². The molecule has 3 aromatic carbocycles. The van der Waals surface area contributed by atoms with Gasteiger partial charge in [0.05, 0.1) is 35.3 Å². The van der Waals surface area contributed by atoms with Gasteiger partial charge in [0.15, 0.2) is 0 Å². The largest absolute Gasteiger partial charge is 0.468 e. The molecule has 0 saturated heterocycles. The second-order valence-corrected chi connectivity index (χ2v) is 6.89. The van der Waals surface area contributed by atoms with Crippen molar-refractivity contribution in [3.8, 4) is 11.1 Å². The van der Waals surface area contributed by atoms with Crippen LogP contribution in [0.2, 0.25) is 0 Å². The maximum Gasteiger partial charge on any atom is 0.314 e. The molecule has 0 radical (unpaired) electrons. The number of fused-ring (bicyclic) bond motifs is 1. The number of hydrogen-bond donors (Lipinski definition) is 0. The van der Waals surface area contributed by atoms with E-state index in [1.54, 1.807) is 12.4 Å². The van der Waals surface area contributed by atoms with Crippen LogP contribution in [0.4, 0.5) is 5.69 Å². The van der Waals surface area contributed by atoms with Crippen molar-refractivity contribution < 1.29 is 14.5 Å². The summed E-state index contributed by atoms with van der Waals surface area (Å²) in [7, 11) is 1.36. The van der Waals surface area contributed by atoms with Crippen molar-refractivity contribution in [2.45, 2.75) is 12.5 Å². The lowest BCUT2D eigenvalue weighted by molar-refractivity contribution is -0.384. The van der Waals surface area contributed by atoms with Crippen molar-refractivity contribution >= 4 is 22.7 Å². The van der Waals surface area contributed by atoms with Gasteiger partial charge in [0, 0.05) is 18.7 Å². The fourth-order valence-electron chi connectivity index (χ4n) is 3.50. The van der Waals surface area contributed by atoms with Gasteiger partial charge < -0.3 is 9.30 Å². The summed E-state index contributed by atoms with van der Waals surface area (Å²) in [5.74, 6) is -0.890. The summed E-state index contributed by atoms with van der Waals surface area (Å²) in [5, 5.41) is 11.0. The Labute approximate surface area is 172 Å². The van der Waals surface area contributed by atoms with Crippen LogP contribution in [0.5, 0.6) is 0 Å². The summed E-state index contributed by atoms with van der Waals surface area (Å²) < 4.78 is 6.84. The maximum absolute atomic E-state index is 12.5. The smallest absolute Gasteiger partial charge is 0.314 e. The Hall–Kier alpha value is -4.00. The lowest BCUT2D eigenvalue weighted by Crippen LogP contribution is -2.19. The Morgan fingerprint density at radius 3 is 2.43 bits per heavy atom. The van der Waals surface area contributed by atoms with E-state index in [4.69, 9.17) is 4.74 Å². The first-order valence-electron chi connectivity index (χ1n) is 9.39. The van der Waals surface area contributed by atoms with Gasteiger partial charge in [-0.1, -0.05) is 54.6 Å². The first-order valence-corrected chi connectivity index (χ1v) is 9.39. The summed E-state index contributed by atoms with van der Waals surface area (Å²) in [6.45, 7) is 0.311. The summed E-state index contributed by atoms with van der Waals surface area (Å²) in [6.07, 6.45) is 1.59. The molecule has 30 heavy (non-hydrogen) atoms. The van der Waals surface area contributed by atoms with E-state index in [0.717, 1.165) is 22.2 Å². The van der Waals surface area contributed by atoms with Gasteiger partial charge in [-0.05, 0) is 22.8 Å². The number of aromatic nitrogens is 2. The molecule has 4 aromatic rings. The molecule has 1 atom stereocenters. The molecule has 0 unspecified atom stereocenters. The minimum absolute atomic E-state index is 0.0197. The number of ether oxygens (including phenoxy) is 1. The molecular weight excluding hydrogens is 382 g/mol. The third kappa shape index (κ3) is 3.77. The molecule has 0 amide bonds. The van der Waals surface area contributed by atoms with Crippen LogP contribution in [-0.4, -0.2) is 27.6 Å². The molecular formula is C23H19N3O4. The van der Waals surface area contributed by atoms with Gasteiger partial charge in [-0.3, -0.25) is 14.9 Å². The van der Waals surface area contributed by atoms with E-state index in [1.807, 2.05) is 59.2 Å². The first kappa shape index (κ1) is 19.3. The van der Waals surface area contributed by atoms with Gasteiger partial charge in [0.2, 0.25) is 0 Å². The van der Waals surface area contributed by atoms with E-state index in [9.17, 15) is 14.9 Å². The molecule has 0 fully saturated rings. The Morgan fingerprint density at radius 1 is 1.07 bits per heavy atom. The highest BCUT2D eigenvalue weighted by Gasteiger charge is 2.23. The van der Waals surface area contributed by atoms with Crippen LogP contribution in [0.25, 0.3) is 22.2 Å². The molecule has 0 aliphatic carbocycles. The quantitative estimate of drug-likeness (QED) is 0.268. The molecule has 1 aromatic heterocycles. The topological polar surface area (TPSA) is 87.3 Å². The minimum atomic E-state index is -0.535. The number of hydrogen-bond acceptors (Lipinski definition) is 5. The van der Waals surface area contributed by atoms with Gasteiger partial charge in [-0.25, -0.2) is 4.98 Å². The molecule has 1 heterocycles. The van der Waals surface area contributed by atoms with Crippen LogP contribution in [0, 0.1) is 10.1 Å². The fourth-order valence-corrected chi connectivity index (χ4v) is 3.50. The molecule has 0 saturated carbocycles. The standard InChI is InChI=1S/C23H19N3O4/c1-30-23(27)20(18-9-7-17(8-10-18)16-5-3-2-4-6-16)14-25-15-24-21-13-19(26(28)29)11-12-22(21)25/h2-13,15,20H,14H2,1H3/t20-/m1/s1. The number of nitrogens with zero attached hydrogens (tertiary/aromatic N) is 3. The average Bonchev–Trinajstić information content (AvgIpc) is 3.19. The summed E-state index contributed by atoms with van der Waals surface area (Å²) in [5.41, 5.74) is 4.19. The maximum atomic E-state index is 12.5. The number of rotatable bonds is 6. The number of nitro groups is 1. The van der Waals surface area contributed by atoms with Gasteiger partial charge in [-0.2, -0.15) is 0 Å². The van der Waals surface area contributed by atoms with Crippen LogP contribution in [0.3, 0.4) is 0 Å². The lowest BCUT2D eigenvalue weighted by Gasteiger charge is -2.17. The molecule has 0 aliphatic rings. The first-order chi connectivity index (χ1) is 14.6. The molecule has 4 rings (SSSR count). The molecule has 0 N–H and O–H groups in total. The molecule has 0 aliphatic heterocycles. The van der Waals surface area contributed by atoms with Crippen molar-refractivity contribution in [1.29, 1.82) is 0 Å². The minimum Gasteiger partial charge on any atom is -0.468 e. The highest BCUT2D eigenvalue weighted by Crippen LogP contribution is 2.27. The third-order valence-corrected chi connectivity index (χ3v) is 5.10. The van der Waals surface area contributed by atoms with Crippen molar-refractivity contribution in [3.05, 3.63) is 94.8 Å². The number of benzene rings is 3. The highest BCUT2D eigenvalue weighted by molar-refractivity contribution is 5.80. The number of nitro benzene ring substituents is 1. The van der Waals surface area contributed by atoms with E-state index in [2.05, 4.69) is 4.98 Å². The van der Waals surface area contributed by atoms with Gasteiger partial charge in [0.1, 0.15) is 0 Å².